The predicted octanol–water partition coefficient (Wildman–Crippen LogP) is 2.13. The summed E-state index contributed by atoms with van der Waals surface area (Å²) in [6.07, 6.45) is 1.46. The second kappa shape index (κ2) is 6.97. The average Bonchev–Trinajstić information content (AvgIpc) is 2.37. The van der Waals surface area contributed by atoms with Crippen molar-refractivity contribution in [3.63, 3.8) is 0 Å². The molecule has 1 N–H and O–H groups in total. The van der Waals surface area contributed by atoms with Gasteiger partial charge in [-0.1, -0.05) is 26.0 Å². The molecule has 1 aromatic rings. The Hall–Kier alpha value is -1.24. The molecule has 0 spiro atoms. The van der Waals surface area contributed by atoms with Crippen LogP contribution in [0.15, 0.2) is 35.7 Å². The van der Waals surface area contributed by atoms with Gasteiger partial charge in [0.05, 0.1) is 0 Å². The van der Waals surface area contributed by atoms with Crippen molar-refractivity contribution in [2.45, 2.75) is 31.3 Å². The number of nitrogens with one attached hydrogen (secondary N) is 1. The van der Waals surface area contributed by atoms with E-state index in [1.807, 2.05) is 13.8 Å². The predicted molar refractivity (Wildman–Crippen MR) is 78.4 cm³/mol. The van der Waals surface area contributed by atoms with E-state index in [9.17, 15) is 12.8 Å². The zero-order valence-corrected chi connectivity index (χ0v) is 12.9. The molecule has 0 saturated carbocycles. The van der Waals surface area contributed by atoms with Crippen LogP contribution >= 0.6 is 0 Å². The molecule has 0 aromatic heterocycles. The monoisotopic (exact) mass is 300 g/mol. The Balaban J connectivity index is 3.10. The zero-order chi connectivity index (χ0) is 15.3. The molecule has 0 fully saturated rings. The first-order chi connectivity index (χ1) is 9.28. The first-order valence-electron chi connectivity index (χ1n) is 6.38. The normalized spacial score (nSPS) is 12.1. The molecule has 6 heteroatoms. The number of rotatable bonds is 7. The minimum Gasteiger partial charge on any atom is -0.310 e. The van der Waals surface area contributed by atoms with Crippen LogP contribution in [-0.4, -0.2) is 32.4 Å². The van der Waals surface area contributed by atoms with Crippen LogP contribution in [0.3, 0.4) is 0 Å². The van der Waals surface area contributed by atoms with Gasteiger partial charge in [0, 0.05) is 26.2 Å². The standard InChI is InChI=1S/C14H21FN2O2S/c1-5-8-17(4)20(18,19)14-9-12(6-7-13(14)15)10-16-11(2)3/h5-7,9,11,16H,1,8,10H2,2-4H3. The lowest BCUT2D eigenvalue weighted by Gasteiger charge is -2.16. The second-order valence-electron chi connectivity index (χ2n) is 4.87. The van der Waals surface area contributed by atoms with Gasteiger partial charge in [0.1, 0.15) is 10.7 Å². The van der Waals surface area contributed by atoms with Crippen molar-refractivity contribution in [2.75, 3.05) is 13.6 Å². The highest BCUT2D eigenvalue weighted by atomic mass is 32.2. The van der Waals surface area contributed by atoms with Crippen molar-refractivity contribution in [1.29, 1.82) is 0 Å². The van der Waals surface area contributed by atoms with Gasteiger partial charge in [-0.2, -0.15) is 4.31 Å². The van der Waals surface area contributed by atoms with Gasteiger partial charge in [-0.15, -0.1) is 6.58 Å². The summed E-state index contributed by atoms with van der Waals surface area (Å²) in [5.74, 6) is -0.741. The molecule has 0 saturated heterocycles. The van der Waals surface area contributed by atoms with Crippen molar-refractivity contribution in [1.82, 2.24) is 9.62 Å². The Morgan fingerprint density at radius 2 is 2.10 bits per heavy atom. The SMILES string of the molecule is C=CCN(C)S(=O)(=O)c1cc(CNC(C)C)ccc1F. The molecule has 0 amide bonds. The highest BCUT2D eigenvalue weighted by Gasteiger charge is 2.23. The van der Waals surface area contributed by atoms with E-state index in [4.69, 9.17) is 0 Å². The van der Waals surface area contributed by atoms with E-state index >= 15 is 0 Å². The Morgan fingerprint density at radius 3 is 2.65 bits per heavy atom. The summed E-state index contributed by atoms with van der Waals surface area (Å²) in [7, 11) is -2.44. The number of benzene rings is 1. The van der Waals surface area contributed by atoms with E-state index in [1.165, 1.54) is 25.3 Å². The number of likely N-dealkylation sites (N-methyl/N-ethyl adjacent to an activating group) is 1. The molecule has 0 radical (unpaired) electrons. The largest absolute Gasteiger partial charge is 0.310 e. The summed E-state index contributed by atoms with van der Waals surface area (Å²) < 4.78 is 39.4. The Morgan fingerprint density at radius 1 is 1.45 bits per heavy atom. The molecule has 20 heavy (non-hydrogen) atoms. The summed E-state index contributed by atoms with van der Waals surface area (Å²) in [5, 5.41) is 3.17. The molecule has 0 unspecified atom stereocenters. The summed E-state index contributed by atoms with van der Waals surface area (Å²) in [6, 6.07) is 4.41. The fraction of sp³-hybridized carbons (Fsp3) is 0.429. The van der Waals surface area contributed by atoms with Gasteiger partial charge in [-0.05, 0) is 17.7 Å². The quantitative estimate of drug-likeness (QED) is 0.785. The average molecular weight is 300 g/mol. The minimum atomic E-state index is -3.83. The summed E-state index contributed by atoms with van der Waals surface area (Å²) in [5.41, 5.74) is 0.727. The first-order valence-corrected chi connectivity index (χ1v) is 7.82. The molecule has 0 aliphatic heterocycles. The van der Waals surface area contributed by atoms with Crippen molar-refractivity contribution in [3.05, 3.63) is 42.2 Å². The summed E-state index contributed by atoms with van der Waals surface area (Å²) in [6.45, 7) is 8.08. The van der Waals surface area contributed by atoms with Crippen LogP contribution in [0.5, 0.6) is 0 Å². The van der Waals surface area contributed by atoms with Gasteiger partial charge >= 0.3 is 0 Å². The van der Waals surface area contributed by atoms with Crippen LogP contribution in [0.4, 0.5) is 4.39 Å². The number of nitrogens with zero attached hydrogens (tertiary/aromatic N) is 1. The van der Waals surface area contributed by atoms with Gasteiger partial charge in [-0.3, -0.25) is 0 Å². The highest BCUT2D eigenvalue weighted by Crippen LogP contribution is 2.20. The van der Waals surface area contributed by atoms with Crippen molar-refractivity contribution in [3.8, 4) is 0 Å². The first kappa shape index (κ1) is 16.8. The van der Waals surface area contributed by atoms with E-state index in [0.717, 1.165) is 9.87 Å². The molecule has 4 nitrogen and oxygen atoms in total. The van der Waals surface area contributed by atoms with Crippen molar-refractivity contribution >= 4 is 10.0 Å². The molecule has 0 atom stereocenters. The van der Waals surface area contributed by atoms with Gasteiger partial charge < -0.3 is 5.32 Å². The minimum absolute atomic E-state index is 0.135. The molecular formula is C14H21FN2O2S. The van der Waals surface area contributed by atoms with Crippen LogP contribution in [0.1, 0.15) is 19.4 Å². The fourth-order valence-electron chi connectivity index (χ4n) is 1.63. The van der Waals surface area contributed by atoms with Crippen LogP contribution < -0.4 is 5.32 Å². The van der Waals surface area contributed by atoms with Gasteiger partial charge in [0.2, 0.25) is 10.0 Å². The van der Waals surface area contributed by atoms with Crippen LogP contribution in [0, 0.1) is 5.82 Å². The van der Waals surface area contributed by atoms with Crippen LogP contribution in [0.25, 0.3) is 0 Å². The Kier molecular flexibility index (Phi) is 5.86. The van der Waals surface area contributed by atoms with Crippen molar-refractivity contribution < 1.29 is 12.8 Å². The molecule has 1 aromatic carbocycles. The van der Waals surface area contributed by atoms with E-state index in [-0.39, 0.29) is 17.5 Å². The lowest BCUT2D eigenvalue weighted by atomic mass is 10.2. The topological polar surface area (TPSA) is 49.4 Å². The third-order valence-electron chi connectivity index (χ3n) is 2.78. The molecule has 0 aliphatic rings. The maximum Gasteiger partial charge on any atom is 0.246 e. The number of hydrogen-bond donors (Lipinski definition) is 1. The third kappa shape index (κ3) is 4.13. The smallest absolute Gasteiger partial charge is 0.246 e. The number of hydrogen-bond acceptors (Lipinski definition) is 3. The maximum absolute atomic E-state index is 13.8. The van der Waals surface area contributed by atoms with Crippen LogP contribution in [-0.2, 0) is 16.6 Å². The lowest BCUT2D eigenvalue weighted by Crippen LogP contribution is -2.28. The molecule has 112 valence electrons. The van der Waals surface area contributed by atoms with Gasteiger partial charge in [-0.25, -0.2) is 12.8 Å². The maximum atomic E-state index is 13.8. The van der Waals surface area contributed by atoms with E-state index < -0.39 is 15.8 Å². The molecule has 0 aliphatic carbocycles. The summed E-state index contributed by atoms with van der Waals surface area (Å²) in [4.78, 5) is -0.301. The Bertz CT molecular complexity index is 571. The van der Waals surface area contributed by atoms with E-state index in [2.05, 4.69) is 11.9 Å². The lowest BCUT2D eigenvalue weighted by molar-refractivity contribution is 0.488. The van der Waals surface area contributed by atoms with Crippen molar-refractivity contribution in [2.24, 2.45) is 0 Å². The van der Waals surface area contributed by atoms with Gasteiger partial charge in [0.15, 0.2) is 0 Å². The van der Waals surface area contributed by atoms with Crippen LogP contribution in [0.2, 0.25) is 0 Å². The number of sulfonamides is 1. The van der Waals surface area contributed by atoms with Gasteiger partial charge in [0.25, 0.3) is 0 Å². The molecular weight excluding hydrogens is 279 g/mol. The molecule has 0 bridgehead atoms. The highest BCUT2D eigenvalue weighted by molar-refractivity contribution is 7.89. The molecule has 1 rings (SSSR count). The Labute approximate surface area is 120 Å². The van der Waals surface area contributed by atoms with E-state index in [0.29, 0.717) is 6.54 Å². The fourth-order valence-corrected chi connectivity index (χ4v) is 2.88. The second-order valence-corrected chi connectivity index (χ2v) is 6.89. The number of halogens is 1. The zero-order valence-electron chi connectivity index (χ0n) is 12.1. The molecule has 0 heterocycles. The third-order valence-corrected chi connectivity index (χ3v) is 4.62. The summed E-state index contributed by atoms with van der Waals surface area (Å²) >= 11 is 0. The van der Waals surface area contributed by atoms with E-state index in [1.54, 1.807) is 6.07 Å².